The predicted molar refractivity (Wildman–Crippen MR) is 130 cm³/mol. The van der Waals surface area contributed by atoms with E-state index in [0.29, 0.717) is 18.6 Å². The first-order valence-electron chi connectivity index (χ1n) is 12.3. The molecule has 3 heterocycles. The minimum atomic E-state index is 0.153. The molecule has 4 nitrogen and oxygen atoms in total. The number of likely N-dealkylation sites (tertiary alicyclic amines) is 2. The summed E-state index contributed by atoms with van der Waals surface area (Å²) in [5.74, 6) is 1.69. The number of ether oxygens (including phenoxy) is 2. The molecular formula is C28H38N2O2. The number of hydrogen-bond donors (Lipinski definition) is 0. The summed E-state index contributed by atoms with van der Waals surface area (Å²) in [7, 11) is 2.19. The van der Waals surface area contributed by atoms with Crippen LogP contribution in [0.2, 0.25) is 0 Å². The van der Waals surface area contributed by atoms with Crippen LogP contribution in [0.25, 0.3) is 0 Å². The van der Waals surface area contributed by atoms with Gasteiger partial charge in [-0.1, -0.05) is 36.4 Å². The Bertz CT molecular complexity index is 944. The highest BCUT2D eigenvalue weighted by atomic mass is 16.5. The lowest BCUT2D eigenvalue weighted by Crippen LogP contribution is -2.60. The molecule has 0 aliphatic carbocycles. The van der Waals surface area contributed by atoms with Gasteiger partial charge < -0.3 is 14.4 Å². The molecule has 3 aliphatic heterocycles. The number of likely N-dealkylation sites (N-methyl/N-ethyl adjacent to an activating group) is 1. The van der Waals surface area contributed by atoms with Crippen LogP contribution in [-0.2, 0) is 11.3 Å². The number of hydrogen-bond acceptors (Lipinski definition) is 4. The number of nitrogens with zero attached hydrogens (tertiary/aromatic N) is 2. The number of aryl methyl sites for hydroxylation is 1. The van der Waals surface area contributed by atoms with Gasteiger partial charge >= 0.3 is 0 Å². The molecule has 3 aliphatic rings. The smallest absolute Gasteiger partial charge is 0.126 e. The third-order valence-corrected chi connectivity index (χ3v) is 8.15. The summed E-state index contributed by atoms with van der Waals surface area (Å²) >= 11 is 0. The summed E-state index contributed by atoms with van der Waals surface area (Å²) in [5.41, 5.74) is 6.84. The molecule has 1 atom stereocenters. The van der Waals surface area contributed by atoms with Crippen molar-refractivity contribution in [2.45, 2.75) is 64.2 Å². The molecule has 0 radical (unpaired) electrons. The van der Waals surface area contributed by atoms with E-state index in [2.05, 4.69) is 74.0 Å². The van der Waals surface area contributed by atoms with Crippen LogP contribution in [0.3, 0.4) is 0 Å². The summed E-state index contributed by atoms with van der Waals surface area (Å²) in [6.07, 6.45) is 3.61. The maximum Gasteiger partial charge on any atom is 0.126 e. The molecule has 3 fully saturated rings. The lowest BCUT2D eigenvalue weighted by atomic mass is 9.84. The van der Waals surface area contributed by atoms with Gasteiger partial charge in [-0.05, 0) is 93.9 Å². The molecule has 172 valence electrons. The van der Waals surface area contributed by atoms with E-state index < -0.39 is 0 Å². The van der Waals surface area contributed by atoms with E-state index in [1.54, 1.807) is 0 Å². The quantitative estimate of drug-likeness (QED) is 0.672. The van der Waals surface area contributed by atoms with Crippen molar-refractivity contribution in [2.24, 2.45) is 0 Å². The van der Waals surface area contributed by atoms with Gasteiger partial charge in [0.2, 0.25) is 0 Å². The molecule has 4 heteroatoms. The highest BCUT2D eigenvalue weighted by molar-refractivity contribution is 5.51. The Balaban J connectivity index is 1.27. The molecule has 1 unspecified atom stereocenters. The fourth-order valence-corrected chi connectivity index (χ4v) is 6.10. The van der Waals surface area contributed by atoms with Gasteiger partial charge in [0.05, 0.1) is 12.2 Å². The van der Waals surface area contributed by atoms with E-state index in [9.17, 15) is 0 Å². The van der Waals surface area contributed by atoms with Crippen LogP contribution in [-0.4, -0.2) is 61.3 Å². The fraction of sp³-hybridized carbons (Fsp3) is 0.571. The summed E-state index contributed by atoms with van der Waals surface area (Å²) in [6, 6.07) is 13.5. The number of rotatable bonds is 5. The van der Waals surface area contributed by atoms with Gasteiger partial charge in [-0.3, -0.25) is 4.90 Å². The molecule has 0 aromatic heterocycles. The number of benzene rings is 2. The van der Waals surface area contributed by atoms with Gasteiger partial charge in [-0.25, -0.2) is 0 Å². The maximum atomic E-state index is 6.49. The third kappa shape index (κ3) is 4.21. The minimum absolute atomic E-state index is 0.153. The van der Waals surface area contributed by atoms with Crippen molar-refractivity contribution in [3.8, 4) is 5.75 Å². The van der Waals surface area contributed by atoms with Crippen molar-refractivity contribution in [1.82, 2.24) is 9.80 Å². The molecular weight excluding hydrogens is 396 g/mol. The van der Waals surface area contributed by atoms with Crippen LogP contribution >= 0.6 is 0 Å². The summed E-state index contributed by atoms with van der Waals surface area (Å²) < 4.78 is 12.7. The Morgan fingerprint density at radius 1 is 1.03 bits per heavy atom. The number of piperidine rings is 1. The first kappa shape index (κ1) is 21.9. The van der Waals surface area contributed by atoms with Crippen molar-refractivity contribution in [3.63, 3.8) is 0 Å². The van der Waals surface area contributed by atoms with Crippen molar-refractivity contribution in [2.75, 3.05) is 39.8 Å². The van der Waals surface area contributed by atoms with E-state index >= 15 is 0 Å². The summed E-state index contributed by atoms with van der Waals surface area (Å²) in [6.45, 7) is 12.8. The van der Waals surface area contributed by atoms with Crippen LogP contribution in [0, 0.1) is 20.8 Å². The second kappa shape index (κ2) is 8.81. The molecule has 0 bridgehead atoms. The lowest BCUT2D eigenvalue weighted by Gasteiger charge is -2.45. The van der Waals surface area contributed by atoms with E-state index in [-0.39, 0.29) is 5.60 Å². The van der Waals surface area contributed by atoms with Gasteiger partial charge in [0.15, 0.2) is 0 Å². The zero-order valence-corrected chi connectivity index (χ0v) is 20.2. The van der Waals surface area contributed by atoms with Gasteiger partial charge in [0.25, 0.3) is 0 Å². The average molecular weight is 435 g/mol. The van der Waals surface area contributed by atoms with Crippen molar-refractivity contribution >= 4 is 0 Å². The predicted octanol–water partition coefficient (Wildman–Crippen LogP) is 4.84. The van der Waals surface area contributed by atoms with Gasteiger partial charge in [0.1, 0.15) is 12.4 Å². The molecule has 3 saturated heterocycles. The second-order valence-corrected chi connectivity index (χ2v) is 10.5. The maximum absolute atomic E-state index is 6.49. The fourth-order valence-electron chi connectivity index (χ4n) is 6.10. The van der Waals surface area contributed by atoms with E-state index in [1.165, 1.54) is 47.1 Å². The Hall–Kier alpha value is -1.88. The Morgan fingerprint density at radius 2 is 1.75 bits per heavy atom. The monoisotopic (exact) mass is 434 g/mol. The normalized spacial score (nSPS) is 24.1. The van der Waals surface area contributed by atoms with E-state index in [4.69, 9.17) is 9.47 Å². The van der Waals surface area contributed by atoms with Crippen LogP contribution in [0.4, 0.5) is 0 Å². The largest absolute Gasteiger partial charge is 0.488 e. The Morgan fingerprint density at radius 3 is 2.44 bits per heavy atom. The van der Waals surface area contributed by atoms with E-state index in [1.807, 2.05) is 0 Å². The molecule has 2 aromatic carbocycles. The molecule has 0 N–H and O–H groups in total. The SMILES string of the molecule is Cc1cc(C2CCN(C3COC4(C3)CN(C)C4)CC2)c(OCc2ccccc2)c(C)c1C. The van der Waals surface area contributed by atoms with Gasteiger partial charge in [0, 0.05) is 19.1 Å². The second-order valence-electron chi connectivity index (χ2n) is 10.5. The first-order chi connectivity index (χ1) is 15.4. The molecule has 2 aromatic rings. The van der Waals surface area contributed by atoms with Crippen LogP contribution < -0.4 is 4.74 Å². The first-order valence-corrected chi connectivity index (χ1v) is 12.3. The molecule has 0 saturated carbocycles. The van der Waals surface area contributed by atoms with Crippen LogP contribution in [0.5, 0.6) is 5.75 Å². The third-order valence-electron chi connectivity index (χ3n) is 8.15. The Labute approximate surface area is 193 Å². The lowest BCUT2D eigenvalue weighted by molar-refractivity contribution is -0.100. The summed E-state index contributed by atoms with van der Waals surface area (Å²) in [4.78, 5) is 5.07. The van der Waals surface area contributed by atoms with Crippen molar-refractivity contribution < 1.29 is 9.47 Å². The van der Waals surface area contributed by atoms with Crippen LogP contribution in [0.15, 0.2) is 36.4 Å². The van der Waals surface area contributed by atoms with E-state index in [0.717, 1.165) is 38.5 Å². The average Bonchev–Trinajstić information content (AvgIpc) is 3.23. The molecule has 32 heavy (non-hydrogen) atoms. The molecule has 1 spiro atoms. The van der Waals surface area contributed by atoms with Crippen LogP contribution in [0.1, 0.15) is 53.0 Å². The van der Waals surface area contributed by atoms with Crippen molar-refractivity contribution in [3.05, 3.63) is 64.2 Å². The topological polar surface area (TPSA) is 24.9 Å². The highest BCUT2D eigenvalue weighted by Gasteiger charge is 2.49. The Kier molecular flexibility index (Phi) is 6.04. The highest BCUT2D eigenvalue weighted by Crippen LogP contribution is 2.41. The summed E-state index contributed by atoms with van der Waals surface area (Å²) in [5, 5.41) is 0. The van der Waals surface area contributed by atoms with Crippen molar-refractivity contribution in [1.29, 1.82) is 0 Å². The molecule has 0 amide bonds. The zero-order valence-electron chi connectivity index (χ0n) is 20.2. The zero-order chi connectivity index (χ0) is 22.3. The minimum Gasteiger partial charge on any atom is -0.488 e. The molecule has 5 rings (SSSR count). The standard InChI is InChI=1S/C28H38N2O2/c1-20-14-26(27(22(3)21(20)2)31-16-23-8-6-5-7-9-23)24-10-12-30(13-11-24)25-15-28(32-17-25)18-29(4)19-28/h5-9,14,24-25H,10-13,15-19H2,1-4H3. The van der Waals surface area contributed by atoms with Gasteiger partial charge in [-0.15, -0.1) is 0 Å². The van der Waals surface area contributed by atoms with Gasteiger partial charge in [-0.2, -0.15) is 0 Å².